The molecule has 2 rings (SSSR count). The van der Waals surface area contributed by atoms with Crippen molar-refractivity contribution in [1.29, 1.82) is 0 Å². The highest BCUT2D eigenvalue weighted by Crippen LogP contribution is 2.24. The predicted octanol–water partition coefficient (Wildman–Crippen LogP) is 1.75. The van der Waals surface area contributed by atoms with Gasteiger partial charge in [0, 0.05) is 11.6 Å². The van der Waals surface area contributed by atoms with E-state index >= 15 is 0 Å². The van der Waals surface area contributed by atoms with Gasteiger partial charge in [-0.2, -0.15) is 0 Å². The molecular weight excluding hydrogens is 166 g/mol. The maximum absolute atomic E-state index is 10.5. The van der Waals surface area contributed by atoms with Gasteiger partial charge in [0.1, 0.15) is 5.52 Å². The van der Waals surface area contributed by atoms with Crippen LogP contribution < -0.4 is 0 Å². The largest absolute Gasteiger partial charge is 0.505 e. The Balaban J connectivity index is 2.86. The molecule has 0 radical (unpaired) electrons. The van der Waals surface area contributed by atoms with E-state index in [1.165, 1.54) is 0 Å². The van der Waals surface area contributed by atoms with E-state index in [9.17, 15) is 9.90 Å². The minimum absolute atomic E-state index is 0.0481. The van der Waals surface area contributed by atoms with Gasteiger partial charge in [0.05, 0.1) is 5.56 Å². The smallest absolute Gasteiger partial charge is 0.153 e. The topological polar surface area (TPSA) is 50.2 Å². The number of aromatic hydroxyl groups is 1. The second kappa shape index (κ2) is 2.86. The normalized spacial score (nSPS) is 10.2. The highest BCUT2D eigenvalue weighted by Gasteiger charge is 2.04. The third-order valence-electron chi connectivity index (χ3n) is 1.91. The van der Waals surface area contributed by atoms with Crippen molar-refractivity contribution in [3.8, 4) is 5.75 Å². The molecule has 1 N–H and O–H groups in total. The summed E-state index contributed by atoms with van der Waals surface area (Å²) in [4.78, 5) is 14.5. The number of pyridine rings is 1. The summed E-state index contributed by atoms with van der Waals surface area (Å²) >= 11 is 0. The lowest BCUT2D eigenvalue weighted by Gasteiger charge is -2.00. The molecule has 1 aromatic heterocycles. The van der Waals surface area contributed by atoms with Crippen LogP contribution in [0.25, 0.3) is 10.9 Å². The van der Waals surface area contributed by atoms with Crippen molar-refractivity contribution < 1.29 is 9.90 Å². The molecule has 0 bridgehead atoms. The van der Waals surface area contributed by atoms with Gasteiger partial charge >= 0.3 is 0 Å². The Labute approximate surface area is 74.7 Å². The van der Waals surface area contributed by atoms with Crippen LogP contribution in [0.4, 0.5) is 0 Å². The zero-order valence-electron chi connectivity index (χ0n) is 6.77. The molecule has 0 aliphatic heterocycles. The van der Waals surface area contributed by atoms with Crippen LogP contribution in [-0.4, -0.2) is 16.4 Å². The maximum Gasteiger partial charge on any atom is 0.153 e. The van der Waals surface area contributed by atoms with Crippen molar-refractivity contribution in [2.45, 2.75) is 0 Å². The maximum atomic E-state index is 10.5. The summed E-state index contributed by atoms with van der Waals surface area (Å²) in [7, 11) is 0. The quantitative estimate of drug-likeness (QED) is 0.668. The summed E-state index contributed by atoms with van der Waals surface area (Å²) < 4.78 is 0. The van der Waals surface area contributed by atoms with Crippen LogP contribution in [0.2, 0.25) is 0 Å². The Morgan fingerprint density at radius 3 is 2.92 bits per heavy atom. The van der Waals surface area contributed by atoms with Gasteiger partial charge in [-0.3, -0.25) is 9.78 Å². The molecule has 1 heterocycles. The molecule has 64 valence electrons. The van der Waals surface area contributed by atoms with Gasteiger partial charge in [-0.15, -0.1) is 0 Å². The van der Waals surface area contributed by atoms with Crippen LogP contribution in [0.3, 0.4) is 0 Å². The molecule has 3 nitrogen and oxygen atoms in total. The number of nitrogens with zero attached hydrogens (tertiary/aromatic N) is 1. The molecular formula is C10H7NO2. The second-order valence-electron chi connectivity index (χ2n) is 2.70. The van der Waals surface area contributed by atoms with Gasteiger partial charge in [0.25, 0.3) is 0 Å². The number of carbonyl (C=O) groups excluding carboxylic acids is 1. The van der Waals surface area contributed by atoms with Gasteiger partial charge in [0.15, 0.2) is 12.0 Å². The van der Waals surface area contributed by atoms with Crippen LogP contribution >= 0.6 is 0 Å². The van der Waals surface area contributed by atoms with Gasteiger partial charge in [-0.25, -0.2) is 0 Å². The Hall–Kier alpha value is -1.90. The minimum Gasteiger partial charge on any atom is -0.505 e. The zero-order valence-corrected chi connectivity index (χ0v) is 6.77. The molecule has 2 aromatic rings. The summed E-state index contributed by atoms with van der Waals surface area (Å²) in [6.07, 6.45) is 2.19. The average molecular weight is 173 g/mol. The first-order chi connectivity index (χ1) is 6.33. The summed E-state index contributed by atoms with van der Waals surface area (Å²) in [6.45, 7) is 0. The SMILES string of the molecule is O=Cc1ccc2cccnc2c1O. The van der Waals surface area contributed by atoms with Crippen molar-refractivity contribution in [3.05, 3.63) is 36.0 Å². The van der Waals surface area contributed by atoms with Crippen LogP contribution in [0.5, 0.6) is 5.75 Å². The average Bonchev–Trinajstić information content (AvgIpc) is 2.19. The van der Waals surface area contributed by atoms with Crippen molar-refractivity contribution in [2.24, 2.45) is 0 Å². The summed E-state index contributed by atoms with van der Waals surface area (Å²) in [6, 6.07) is 6.94. The lowest BCUT2D eigenvalue weighted by atomic mass is 10.1. The van der Waals surface area contributed by atoms with Crippen molar-refractivity contribution >= 4 is 17.2 Å². The molecule has 0 amide bonds. The Morgan fingerprint density at radius 2 is 2.15 bits per heavy atom. The zero-order chi connectivity index (χ0) is 9.26. The molecule has 0 fully saturated rings. The van der Waals surface area contributed by atoms with E-state index in [-0.39, 0.29) is 11.3 Å². The Morgan fingerprint density at radius 1 is 1.31 bits per heavy atom. The molecule has 0 aliphatic rings. The molecule has 0 aliphatic carbocycles. The Kier molecular flexibility index (Phi) is 1.70. The molecule has 0 saturated carbocycles. The fraction of sp³-hybridized carbons (Fsp3) is 0. The van der Waals surface area contributed by atoms with E-state index < -0.39 is 0 Å². The lowest BCUT2D eigenvalue weighted by molar-refractivity contribution is 0.112. The van der Waals surface area contributed by atoms with Crippen LogP contribution in [0.15, 0.2) is 30.5 Å². The molecule has 0 spiro atoms. The van der Waals surface area contributed by atoms with E-state index in [1.807, 2.05) is 6.07 Å². The number of aldehydes is 1. The standard InChI is InChI=1S/C10H7NO2/c12-6-8-4-3-7-2-1-5-11-9(7)10(8)13/h1-6,13H. The van der Waals surface area contributed by atoms with Gasteiger partial charge in [-0.05, 0) is 12.1 Å². The number of aromatic nitrogens is 1. The third-order valence-corrected chi connectivity index (χ3v) is 1.91. The molecule has 0 atom stereocenters. The molecule has 0 saturated heterocycles. The van der Waals surface area contributed by atoms with Gasteiger partial charge in [-0.1, -0.05) is 12.1 Å². The first-order valence-corrected chi connectivity index (χ1v) is 3.85. The number of fused-ring (bicyclic) bond motifs is 1. The van der Waals surface area contributed by atoms with Gasteiger partial charge in [0.2, 0.25) is 0 Å². The highest BCUT2D eigenvalue weighted by atomic mass is 16.3. The highest BCUT2D eigenvalue weighted by molar-refractivity contribution is 5.93. The van der Waals surface area contributed by atoms with E-state index in [1.54, 1.807) is 24.4 Å². The number of carbonyl (C=O) groups is 1. The lowest BCUT2D eigenvalue weighted by Crippen LogP contribution is -1.84. The summed E-state index contributed by atoms with van der Waals surface area (Å²) in [5.41, 5.74) is 0.735. The third kappa shape index (κ3) is 1.14. The van der Waals surface area contributed by atoms with Gasteiger partial charge < -0.3 is 5.11 Å². The number of benzene rings is 1. The van der Waals surface area contributed by atoms with Crippen LogP contribution in [0, 0.1) is 0 Å². The first kappa shape index (κ1) is 7.73. The number of hydrogen-bond acceptors (Lipinski definition) is 3. The Bertz CT molecular complexity index is 465. The van der Waals surface area contributed by atoms with E-state index in [4.69, 9.17) is 0 Å². The predicted molar refractivity (Wildman–Crippen MR) is 48.8 cm³/mol. The van der Waals surface area contributed by atoms with Crippen molar-refractivity contribution in [1.82, 2.24) is 4.98 Å². The summed E-state index contributed by atoms with van der Waals surface area (Å²) in [5.74, 6) is -0.0481. The molecule has 0 unspecified atom stereocenters. The van der Waals surface area contributed by atoms with E-state index in [0.29, 0.717) is 11.8 Å². The fourth-order valence-electron chi connectivity index (χ4n) is 1.24. The van der Waals surface area contributed by atoms with E-state index in [0.717, 1.165) is 5.39 Å². The van der Waals surface area contributed by atoms with Crippen molar-refractivity contribution in [2.75, 3.05) is 0 Å². The number of hydrogen-bond donors (Lipinski definition) is 1. The van der Waals surface area contributed by atoms with E-state index in [2.05, 4.69) is 4.98 Å². The minimum atomic E-state index is -0.0481. The number of rotatable bonds is 1. The number of phenols is 1. The van der Waals surface area contributed by atoms with Crippen LogP contribution in [-0.2, 0) is 0 Å². The monoisotopic (exact) mass is 173 g/mol. The molecule has 13 heavy (non-hydrogen) atoms. The molecule has 3 heteroatoms. The molecule has 1 aromatic carbocycles. The number of phenolic OH excluding ortho intramolecular Hbond substituents is 1. The second-order valence-corrected chi connectivity index (χ2v) is 2.70. The summed E-state index contributed by atoms with van der Waals surface area (Å²) in [5, 5.41) is 10.4. The van der Waals surface area contributed by atoms with Crippen molar-refractivity contribution in [3.63, 3.8) is 0 Å². The fourth-order valence-corrected chi connectivity index (χ4v) is 1.24. The van der Waals surface area contributed by atoms with Crippen LogP contribution in [0.1, 0.15) is 10.4 Å². The first-order valence-electron chi connectivity index (χ1n) is 3.85.